The molecule has 31 heavy (non-hydrogen) atoms. The predicted molar refractivity (Wildman–Crippen MR) is 128 cm³/mol. The Morgan fingerprint density at radius 3 is 2.74 bits per heavy atom. The Labute approximate surface area is 185 Å². The van der Waals surface area contributed by atoms with Gasteiger partial charge in [0, 0.05) is 23.0 Å². The quantitative estimate of drug-likeness (QED) is 0.449. The molecule has 0 radical (unpaired) electrons. The van der Waals surface area contributed by atoms with Gasteiger partial charge in [0.15, 0.2) is 0 Å². The highest BCUT2D eigenvalue weighted by Crippen LogP contribution is 2.29. The van der Waals surface area contributed by atoms with Crippen molar-refractivity contribution in [3.8, 4) is 17.0 Å². The molecule has 2 aromatic carbocycles. The number of nitrogens with two attached hydrogens (primary N) is 1. The van der Waals surface area contributed by atoms with Gasteiger partial charge in [-0.2, -0.15) is 0 Å². The highest BCUT2D eigenvalue weighted by Gasteiger charge is 2.15. The average molecular weight is 419 g/mol. The molecule has 1 fully saturated rings. The number of para-hydroxylation sites is 1. The zero-order chi connectivity index (χ0) is 21.5. The number of hydrogen-bond acceptors (Lipinski definition) is 5. The highest BCUT2D eigenvalue weighted by molar-refractivity contribution is 5.85. The van der Waals surface area contributed by atoms with Crippen molar-refractivity contribution in [1.82, 2.24) is 15.6 Å². The van der Waals surface area contributed by atoms with Gasteiger partial charge >= 0.3 is 0 Å². The second-order valence-electron chi connectivity index (χ2n) is 8.42. The van der Waals surface area contributed by atoms with Crippen LogP contribution in [0.25, 0.3) is 22.2 Å². The van der Waals surface area contributed by atoms with E-state index in [0.29, 0.717) is 6.04 Å². The van der Waals surface area contributed by atoms with Gasteiger partial charge in [-0.3, -0.25) is 0 Å². The summed E-state index contributed by atoms with van der Waals surface area (Å²) < 4.78 is 5.29. The van der Waals surface area contributed by atoms with E-state index >= 15 is 0 Å². The van der Waals surface area contributed by atoms with E-state index in [1.165, 1.54) is 32.2 Å². The van der Waals surface area contributed by atoms with Gasteiger partial charge in [0.2, 0.25) is 0 Å². The Morgan fingerprint density at radius 1 is 1.13 bits per heavy atom. The van der Waals surface area contributed by atoms with Crippen LogP contribution in [0.5, 0.6) is 5.75 Å². The normalized spacial score (nSPS) is 17.5. The maximum absolute atomic E-state index is 6.68. The number of piperidine rings is 1. The first-order chi connectivity index (χ1) is 15.2. The van der Waals surface area contributed by atoms with Crippen LogP contribution in [-0.2, 0) is 0 Å². The monoisotopic (exact) mass is 418 g/mol. The number of nitrogens with one attached hydrogen (secondary N) is 2. The van der Waals surface area contributed by atoms with Crippen LogP contribution in [-0.4, -0.2) is 37.8 Å². The summed E-state index contributed by atoms with van der Waals surface area (Å²) in [5.41, 5.74) is 10.8. The fraction of sp³-hybridized carbons (Fsp3) is 0.423. The Hall–Kier alpha value is -2.47. The molecule has 1 aliphatic heterocycles. The van der Waals surface area contributed by atoms with Crippen molar-refractivity contribution in [2.24, 2.45) is 5.73 Å². The third kappa shape index (κ3) is 5.62. The number of rotatable bonds is 9. The molecule has 1 saturated heterocycles. The molecule has 0 spiro atoms. The van der Waals surface area contributed by atoms with Crippen molar-refractivity contribution >= 4 is 10.9 Å². The lowest BCUT2D eigenvalue weighted by molar-refractivity contribution is 0.375. The first-order valence-corrected chi connectivity index (χ1v) is 11.5. The zero-order valence-corrected chi connectivity index (χ0v) is 18.4. The Balaban J connectivity index is 1.43. The summed E-state index contributed by atoms with van der Waals surface area (Å²) in [5.74, 6) is 0.843. The summed E-state index contributed by atoms with van der Waals surface area (Å²) in [6.07, 6.45) is 6.06. The Bertz CT molecular complexity index is 967. The van der Waals surface area contributed by atoms with E-state index in [1.807, 2.05) is 30.3 Å². The van der Waals surface area contributed by atoms with Gasteiger partial charge in [0.25, 0.3) is 0 Å². The molecule has 0 aliphatic carbocycles. The highest BCUT2D eigenvalue weighted by atomic mass is 16.5. The molecule has 0 amide bonds. The number of nitrogens with zero attached hydrogens (tertiary/aromatic N) is 1. The second-order valence-corrected chi connectivity index (χ2v) is 8.42. The summed E-state index contributed by atoms with van der Waals surface area (Å²) >= 11 is 0. The summed E-state index contributed by atoms with van der Waals surface area (Å²) in [7, 11) is 1.68. The topological polar surface area (TPSA) is 72.2 Å². The maximum atomic E-state index is 6.68. The van der Waals surface area contributed by atoms with Crippen molar-refractivity contribution in [2.45, 2.75) is 44.2 Å². The van der Waals surface area contributed by atoms with Crippen LogP contribution in [0.1, 0.15) is 43.7 Å². The lowest BCUT2D eigenvalue weighted by atomic mass is 9.97. The Kier molecular flexibility index (Phi) is 7.52. The van der Waals surface area contributed by atoms with E-state index in [2.05, 4.69) is 34.9 Å². The molecule has 4 rings (SSSR count). The Morgan fingerprint density at radius 2 is 1.97 bits per heavy atom. The van der Waals surface area contributed by atoms with Crippen LogP contribution in [0.15, 0.2) is 54.6 Å². The minimum Gasteiger partial charge on any atom is -0.497 e. The molecular weight excluding hydrogens is 384 g/mol. The van der Waals surface area contributed by atoms with E-state index in [1.54, 1.807) is 7.11 Å². The summed E-state index contributed by atoms with van der Waals surface area (Å²) in [6.45, 7) is 3.13. The number of pyridine rings is 1. The number of methoxy groups -OCH3 is 1. The molecule has 5 nitrogen and oxygen atoms in total. The van der Waals surface area contributed by atoms with Gasteiger partial charge in [-0.25, -0.2) is 4.98 Å². The van der Waals surface area contributed by atoms with Crippen molar-refractivity contribution in [3.63, 3.8) is 0 Å². The average Bonchev–Trinajstić information content (AvgIpc) is 2.83. The van der Waals surface area contributed by atoms with Crippen LogP contribution in [0, 0.1) is 0 Å². The van der Waals surface area contributed by atoms with Gasteiger partial charge in [0.1, 0.15) is 5.75 Å². The summed E-state index contributed by atoms with van der Waals surface area (Å²) in [5, 5.41) is 8.34. The van der Waals surface area contributed by atoms with E-state index in [9.17, 15) is 0 Å². The number of ether oxygens (including phenoxy) is 1. The van der Waals surface area contributed by atoms with E-state index < -0.39 is 0 Å². The van der Waals surface area contributed by atoms with Crippen molar-refractivity contribution in [1.29, 1.82) is 0 Å². The molecule has 3 aromatic rings. The number of aromatic nitrogens is 1. The molecule has 2 atom stereocenters. The van der Waals surface area contributed by atoms with Gasteiger partial charge in [-0.1, -0.05) is 24.6 Å². The van der Waals surface area contributed by atoms with Crippen LogP contribution in [0.2, 0.25) is 0 Å². The minimum atomic E-state index is -0.0368. The maximum Gasteiger partial charge on any atom is 0.118 e. The smallest absolute Gasteiger partial charge is 0.118 e. The lowest BCUT2D eigenvalue weighted by Crippen LogP contribution is -2.36. The van der Waals surface area contributed by atoms with Gasteiger partial charge in [0.05, 0.1) is 18.3 Å². The van der Waals surface area contributed by atoms with Crippen molar-refractivity contribution < 1.29 is 4.74 Å². The molecule has 2 unspecified atom stereocenters. The van der Waals surface area contributed by atoms with Crippen molar-refractivity contribution in [3.05, 3.63) is 60.2 Å². The second kappa shape index (κ2) is 10.7. The summed E-state index contributed by atoms with van der Waals surface area (Å²) in [6, 6.07) is 19.1. The molecule has 0 saturated carbocycles. The summed E-state index contributed by atoms with van der Waals surface area (Å²) in [4.78, 5) is 4.89. The van der Waals surface area contributed by atoms with Crippen LogP contribution < -0.4 is 21.1 Å². The third-order valence-electron chi connectivity index (χ3n) is 6.25. The van der Waals surface area contributed by atoms with E-state index in [-0.39, 0.29) is 6.04 Å². The molecule has 1 aromatic heterocycles. The van der Waals surface area contributed by atoms with Gasteiger partial charge in [-0.05, 0) is 87.3 Å². The minimum absolute atomic E-state index is 0.0368. The molecule has 1 aliphatic rings. The van der Waals surface area contributed by atoms with Gasteiger partial charge in [-0.15, -0.1) is 0 Å². The van der Waals surface area contributed by atoms with Crippen LogP contribution in [0.3, 0.4) is 0 Å². The number of hydrogen-bond donors (Lipinski definition) is 3. The molecule has 164 valence electrons. The molecule has 4 N–H and O–H groups in total. The SMILES string of the molecule is COc1ccc(-c2cc(C(N)CCNCCC3CCCCN3)c3ccccc3n2)cc1. The lowest BCUT2D eigenvalue weighted by Gasteiger charge is -2.23. The van der Waals surface area contributed by atoms with Crippen molar-refractivity contribution in [2.75, 3.05) is 26.7 Å². The molecule has 5 heteroatoms. The molecule has 2 heterocycles. The first kappa shape index (κ1) is 21.8. The largest absolute Gasteiger partial charge is 0.497 e. The predicted octanol–water partition coefficient (Wildman–Crippen LogP) is 4.42. The van der Waals surface area contributed by atoms with Crippen LogP contribution in [0.4, 0.5) is 0 Å². The molecule has 0 bridgehead atoms. The zero-order valence-electron chi connectivity index (χ0n) is 18.4. The molecular formula is C26H34N4O. The number of fused-ring (bicyclic) bond motifs is 1. The fourth-order valence-corrected chi connectivity index (χ4v) is 4.40. The third-order valence-corrected chi connectivity index (χ3v) is 6.25. The fourth-order valence-electron chi connectivity index (χ4n) is 4.40. The van der Waals surface area contributed by atoms with E-state index in [4.69, 9.17) is 15.5 Å². The van der Waals surface area contributed by atoms with E-state index in [0.717, 1.165) is 53.0 Å². The van der Waals surface area contributed by atoms with Gasteiger partial charge < -0.3 is 21.1 Å². The number of benzene rings is 2. The standard InChI is InChI=1S/C26H34N4O/c1-31-21-11-9-19(10-12-21)26-18-23(22-7-2-3-8-25(22)30-26)24(27)14-17-28-16-13-20-6-4-5-15-29-20/h2-3,7-12,18,20,24,28-29H,4-6,13-17,27H2,1H3. The van der Waals surface area contributed by atoms with Crippen LogP contribution >= 0.6 is 0 Å². The first-order valence-electron chi connectivity index (χ1n) is 11.5.